The minimum absolute atomic E-state index is 0.0379. The summed E-state index contributed by atoms with van der Waals surface area (Å²) in [5.41, 5.74) is 8.07. The van der Waals surface area contributed by atoms with Gasteiger partial charge in [-0.1, -0.05) is 23.3 Å². The summed E-state index contributed by atoms with van der Waals surface area (Å²) in [5.74, 6) is -0.571. The summed E-state index contributed by atoms with van der Waals surface area (Å²) in [6.45, 7) is 0.0587. The molecule has 0 aliphatic heterocycles. The molecule has 1 rings (SSSR count). The number of aliphatic hydroxyl groups is 2. The molecule has 0 amide bonds. The van der Waals surface area contributed by atoms with E-state index in [1.807, 2.05) is 0 Å². The molecule has 1 aromatic carbocycles. The quantitative estimate of drug-likeness (QED) is 0.455. The second-order valence-electron chi connectivity index (χ2n) is 3.28. The van der Waals surface area contributed by atoms with Crippen LogP contribution in [0.3, 0.4) is 0 Å². The molecule has 86 valence electrons. The maximum Gasteiger partial charge on any atom is 0.129 e. The number of aliphatic hydroxyl groups excluding tert-OH is 2. The number of hydrogen-bond acceptors (Lipinski definition) is 3. The Kier molecular flexibility index (Phi) is 4.72. The van der Waals surface area contributed by atoms with Crippen LogP contribution in [-0.4, -0.2) is 22.9 Å². The normalized spacial score (nSPS) is 13.9. The first-order valence-corrected chi connectivity index (χ1v) is 4.78. The van der Waals surface area contributed by atoms with Crippen LogP contribution in [0.5, 0.6) is 0 Å². The second-order valence-corrected chi connectivity index (χ2v) is 3.28. The summed E-state index contributed by atoms with van der Waals surface area (Å²) in [6.07, 6.45) is -2.38. The molecule has 5 nitrogen and oxygen atoms in total. The Labute approximate surface area is 91.8 Å². The van der Waals surface area contributed by atoms with E-state index >= 15 is 0 Å². The predicted molar refractivity (Wildman–Crippen MR) is 56.0 cm³/mol. The highest BCUT2D eigenvalue weighted by atomic mass is 19.1. The Morgan fingerprint density at radius 3 is 2.69 bits per heavy atom. The van der Waals surface area contributed by atoms with Gasteiger partial charge in [0.1, 0.15) is 11.9 Å². The molecule has 0 heterocycles. The van der Waals surface area contributed by atoms with E-state index in [1.165, 1.54) is 18.2 Å². The first-order chi connectivity index (χ1) is 7.66. The van der Waals surface area contributed by atoms with Crippen molar-refractivity contribution in [2.75, 3.05) is 6.54 Å². The fourth-order valence-electron chi connectivity index (χ4n) is 1.31. The van der Waals surface area contributed by atoms with Crippen molar-refractivity contribution in [2.45, 2.75) is 18.6 Å². The van der Waals surface area contributed by atoms with E-state index in [0.717, 1.165) is 0 Å². The lowest BCUT2D eigenvalue weighted by Crippen LogP contribution is -2.20. The number of halogens is 1. The lowest BCUT2D eigenvalue weighted by atomic mass is 10.0. The Hall–Kier alpha value is -1.62. The number of nitrogens with zero attached hydrogens (tertiary/aromatic N) is 3. The van der Waals surface area contributed by atoms with Crippen LogP contribution in [0.1, 0.15) is 18.1 Å². The monoisotopic (exact) mass is 225 g/mol. The molecule has 0 saturated carbocycles. The molecular weight excluding hydrogens is 213 g/mol. The van der Waals surface area contributed by atoms with Crippen molar-refractivity contribution in [3.05, 3.63) is 46.1 Å². The smallest absolute Gasteiger partial charge is 0.129 e. The fraction of sp³-hybridized carbons (Fsp3) is 0.400. The third-order valence-corrected chi connectivity index (χ3v) is 2.18. The zero-order valence-corrected chi connectivity index (χ0v) is 8.49. The van der Waals surface area contributed by atoms with Gasteiger partial charge in [-0.3, -0.25) is 0 Å². The molecule has 2 atom stereocenters. The third kappa shape index (κ3) is 3.20. The average molecular weight is 225 g/mol. The Balaban J connectivity index is 2.66. The average Bonchev–Trinajstić information content (AvgIpc) is 2.29. The van der Waals surface area contributed by atoms with Gasteiger partial charge < -0.3 is 10.2 Å². The maximum absolute atomic E-state index is 13.2. The predicted octanol–water partition coefficient (Wildman–Crippen LogP) is 1.92. The van der Waals surface area contributed by atoms with Crippen LogP contribution in [0.4, 0.5) is 4.39 Å². The number of benzene rings is 1. The van der Waals surface area contributed by atoms with Gasteiger partial charge in [0.15, 0.2) is 0 Å². The van der Waals surface area contributed by atoms with E-state index in [0.29, 0.717) is 0 Å². The van der Waals surface area contributed by atoms with Crippen molar-refractivity contribution in [1.29, 1.82) is 0 Å². The molecule has 0 aliphatic rings. The minimum atomic E-state index is -1.31. The van der Waals surface area contributed by atoms with Gasteiger partial charge in [-0.05, 0) is 18.0 Å². The van der Waals surface area contributed by atoms with E-state index in [-0.39, 0.29) is 18.5 Å². The highest BCUT2D eigenvalue weighted by Crippen LogP contribution is 2.21. The molecule has 16 heavy (non-hydrogen) atoms. The van der Waals surface area contributed by atoms with Crippen molar-refractivity contribution in [3.8, 4) is 0 Å². The van der Waals surface area contributed by atoms with Gasteiger partial charge in [0.05, 0.1) is 6.10 Å². The third-order valence-electron chi connectivity index (χ3n) is 2.18. The molecule has 0 fully saturated rings. The van der Waals surface area contributed by atoms with Gasteiger partial charge in [-0.25, -0.2) is 4.39 Å². The van der Waals surface area contributed by atoms with E-state index < -0.39 is 18.0 Å². The fourth-order valence-corrected chi connectivity index (χ4v) is 1.31. The van der Waals surface area contributed by atoms with E-state index in [4.69, 9.17) is 5.53 Å². The summed E-state index contributed by atoms with van der Waals surface area (Å²) in [4.78, 5) is 2.52. The van der Waals surface area contributed by atoms with E-state index in [2.05, 4.69) is 10.0 Å². The van der Waals surface area contributed by atoms with Crippen LogP contribution in [0.25, 0.3) is 10.4 Å². The molecule has 0 radical (unpaired) electrons. The van der Waals surface area contributed by atoms with Gasteiger partial charge >= 0.3 is 0 Å². The first kappa shape index (κ1) is 12.4. The van der Waals surface area contributed by atoms with Crippen LogP contribution in [0.15, 0.2) is 29.4 Å². The highest BCUT2D eigenvalue weighted by molar-refractivity contribution is 5.20. The maximum atomic E-state index is 13.2. The van der Waals surface area contributed by atoms with Gasteiger partial charge in [-0.15, -0.1) is 0 Å². The van der Waals surface area contributed by atoms with Gasteiger partial charge in [0, 0.05) is 17.0 Å². The molecule has 2 unspecified atom stereocenters. The summed E-state index contributed by atoms with van der Waals surface area (Å²) in [6, 6.07) is 5.68. The molecule has 2 N–H and O–H groups in total. The van der Waals surface area contributed by atoms with Crippen LogP contribution in [0, 0.1) is 5.82 Å². The van der Waals surface area contributed by atoms with Gasteiger partial charge in [0.2, 0.25) is 0 Å². The van der Waals surface area contributed by atoms with Crippen LogP contribution < -0.4 is 0 Å². The van der Waals surface area contributed by atoms with E-state index in [1.54, 1.807) is 6.07 Å². The number of azide groups is 1. The van der Waals surface area contributed by atoms with Crippen LogP contribution >= 0.6 is 0 Å². The number of rotatable bonds is 5. The minimum Gasteiger partial charge on any atom is -0.390 e. The first-order valence-electron chi connectivity index (χ1n) is 4.78. The standard InChI is InChI=1S/C10H12FN3O2/c11-8-4-2-1-3-7(8)10(16)9(15)5-6-13-14-12/h1-4,9-10,15-16H,5-6H2. The van der Waals surface area contributed by atoms with E-state index in [9.17, 15) is 14.6 Å². The lowest BCUT2D eigenvalue weighted by Gasteiger charge is -2.17. The molecule has 0 spiro atoms. The molecule has 0 aliphatic carbocycles. The van der Waals surface area contributed by atoms with Crippen molar-refractivity contribution in [2.24, 2.45) is 5.11 Å². The Bertz CT molecular complexity index is 393. The lowest BCUT2D eigenvalue weighted by molar-refractivity contribution is 0.0130. The van der Waals surface area contributed by atoms with Gasteiger partial charge in [0.25, 0.3) is 0 Å². The van der Waals surface area contributed by atoms with Crippen molar-refractivity contribution >= 4 is 0 Å². The summed E-state index contributed by atoms with van der Waals surface area (Å²) < 4.78 is 13.2. The SMILES string of the molecule is [N-]=[N+]=NCCC(O)C(O)c1ccccc1F. The molecule has 6 heteroatoms. The van der Waals surface area contributed by atoms with Crippen molar-refractivity contribution in [1.82, 2.24) is 0 Å². The summed E-state index contributed by atoms with van der Waals surface area (Å²) in [5, 5.41) is 22.4. The van der Waals surface area contributed by atoms with Crippen molar-refractivity contribution in [3.63, 3.8) is 0 Å². The summed E-state index contributed by atoms with van der Waals surface area (Å²) >= 11 is 0. The zero-order chi connectivity index (χ0) is 12.0. The zero-order valence-electron chi connectivity index (χ0n) is 8.49. The highest BCUT2D eigenvalue weighted by Gasteiger charge is 2.20. The topological polar surface area (TPSA) is 89.2 Å². The largest absolute Gasteiger partial charge is 0.390 e. The Morgan fingerprint density at radius 2 is 2.06 bits per heavy atom. The van der Waals surface area contributed by atoms with Crippen LogP contribution in [-0.2, 0) is 0 Å². The molecule has 0 bridgehead atoms. The summed E-state index contributed by atoms with van der Waals surface area (Å²) in [7, 11) is 0. The molecular formula is C10H12FN3O2. The van der Waals surface area contributed by atoms with Crippen LogP contribution in [0.2, 0.25) is 0 Å². The molecule has 0 aromatic heterocycles. The second kappa shape index (κ2) is 6.07. The van der Waals surface area contributed by atoms with Crippen molar-refractivity contribution < 1.29 is 14.6 Å². The molecule has 1 aromatic rings. The number of hydrogen-bond donors (Lipinski definition) is 2. The van der Waals surface area contributed by atoms with Gasteiger partial charge in [-0.2, -0.15) is 0 Å². The molecule has 0 saturated heterocycles. The Morgan fingerprint density at radius 1 is 1.38 bits per heavy atom.